The molecule has 0 spiro atoms. The molecule has 2 atom stereocenters. The zero-order valence-electron chi connectivity index (χ0n) is 9.77. The summed E-state index contributed by atoms with van der Waals surface area (Å²) >= 11 is 0. The topological polar surface area (TPSA) is 69.6 Å². The summed E-state index contributed by atoms with van der Waals surface area (Å²) in [5.74, 6) is -1.60. The third-order valence-corrected chi connectivity index (χ3v) is 2.58. The lowest BCUT2D eigenvalue weighted by molar-refractivity contribution is -0.156. The van der Waals surface area contributed by atoms with Crippen molar-refractivity contribution in [1.29, 1.82) is 0 Å². The highest BCUT2D eigenvalue weighted by Crippen LogP contribution is 2.13. The van der Waals surface area contributed by atoms with Crippen LogP contribution < -0.4 is 5.32 Å². The second-order valence-electron chi connectivity index (χ2n) is 4.23. The average molecular weight is 241 g/mol. The molecule has 0 aliphatic rings. The largest absolute Gasteiger partial charge is 0.479 e. The highest BCUT2D eigenvalue weighted by atomic mass is 19.1. The first-order valence-electron chi connectivity index (χ1n) is 5.27. The van der Waals surface area contributed by atoms with Crippen molar-refractivity contribution in [3.8, 4) is 0 Å². The Morgan fingerprint density at radius 1 is 1.47 bits per heavy atom. The van der Waals surface area contributed by atoms with Gasteiger partial charge in [0.2, 0.25) is 0 Å². The minimum atomic E-state index is -1.81. The maximum Gasteiger partial charge on any atom is 0.336 e. The molecule has 0 aromatic heterocycles. The molecule has 2 unspecified atom stereocenters. The van der Waals surface area contributed by atoms with Gasteiger partial charge in [-0.25, -0.2) is 9.18 Å². The van der Waals surface area contributed by atoms with Crippen LogP contribution in [0.15, 0.2) is 24.3 Å². The van der Waals surface area contributed by atoms with E-state index in [4.69, 9.17) is 5.11 Å². The number of benzene rings is 1. The highest BCUT2D eigenvalue weighted by molar-refractivity contribution is 5.76. The van der Waals surface area contributed by atoms with E-state index in [0.29, 0.717) is 0 Å². The molecular weight excluding hydrogens is 225 g/mol. The van der Waals surface area contributed by atoms with E-state index in [9.17, 15) is 14.3 Å². The van der Waals surface area contributed by atoms with Crippen LogP contribution in [0.5, 0.6) is 0 Å². The van der Waals surface area contributed by atoms with Crippen molar-refractivity contribution in [2.45, 2.75) is 25.5 Å². The van der Waals surface area contributed by atoms with Gasteiger partial charge in [-0.15, -0.1) is 0 Å². The number of carbonyl (C=O) groups is 1. The number of hydrogen-bond acceptors (Lipinski definition) is 3. The predicted molar refractivity (Wildman–Crippen MR) is 61.1 cm³/mol. The van der Waals surface area contributed by atoms with E-state index in [1.54, 1.807) is 12.1 Å². The van der Waals surface area contributed by atoms with E-state index in [2.05, 4.69) is 5.32 Å². The molecule has 0 aliphatic heterocycles. The van der Waals surface area contributed by atoms with Crippen LogP contribution in [0.1, 0.15) is 25.5 Å². The molecule has 1 rings (SSSR count). The van der Waals surface area contributed by atoms with E-state index in [1.165, 1.54) is 19.1 Å². The van der Waals surface area contributed by atoms with Gasteiger partial charge in [-0.3, -0.25) is 0 Å². The normalized spacial score (nSPS) is 16.2. The highest BCUT2D eigenvalue weighted by Gasteiger charge is 2.29. The minimum Gasteiger partial charge on any atom is -0.479 e. The van der Waals surface area contributed by atoms with Gasteiger partial charge in [0.15, 0.2) is 5.60 Å². The van der Waals surface area contributed by atoms with Crippen molar-refractivity contribution >= 4 is 5.97 Å². The molecule has 0 radical (unpaired) electrons. The Kier molecular flexibility index (Phi) is 4.20. The second kappa shape index (κ2) is 5.25. The molecule has 0 fully saturated rings. The maximum absolute atomic E-state index is 12.7. The van der Waals surface area contributed by atoms with Gasteiger partial charge in [0.1, 0.15) is 5.82 Å². The van der Waals surface area contributed by atoms with Crippen molar-refractivity contribution in [2.24, 2.45) is 0 Å². The number of hydrogen-bond donors (Lipinski definition) is 3. The first-order valence-corrected chi connectivity index (χ1v) is 5.27. The molecular formula is C12H16FNO3. The molecule has 3 N–H and O–H groups in total. The zero-order valence-corrected chi connectivity index (χ0v) is 9.77. The third-order valence-electron chi connectivity index (χ3n) is 2.58. The molecule has 0 saturated heterocycles. The van der Waals surface area contributed by atoms with E-state index >= 15 is 0 Å². The Labute approximate surface area is 99.1 Å². The molecule has 0 amide bonds. The van der Waals surface area contributed by atoms with Crippen LogP contribution in [0, 0.1) is 5.82 Å². The van der Waals surface area contributed by atoms with Crippen LogP contribution in [-0.4, -0.2) is 28.3 Å². The third kappa shape index (κ3) is 3.80. The summed E-state index contributed by atoms with van der Waals surface area (Å²) in [5.41, 5.74) is -0.985. The van der Waals surface area contributed by atoms with Crippen LogP contribution in [0.3, 0.4) is 0 Å². The van der Waals surface area contributed by atoms with Crippen molar-refractivity contribution in [2.75, 3.05) is 6.54 Å². The monoisotopic (exact) mass is 241 g/mol. The van der Waals surface area contributed by atoms with Crippen molar-refractivity contribution in [3.05, 3.63) is 35.6 Å². The van der Waals surface area contributed by atoms with E-state index in [1.807, 2.05) is 6.92 Å². The van der Waals surface area contributed by atoms with Crippen LogP contribution in [0.4, 0.5) is 4.39 Å². The van der Waals surface area contributed by atoms with E-state index in [0.717, 1.165) is 5.56 Å². The number of nitrogens with one attached hydrogen (secondary N) is 1. The van der Waals surface area contributed by atoms with Crippen LogP contribution in [-0.2, 0) is 4.79 Å². The summed E-state index contributed by atoms with van der Waals surface area (Å²) in [6.45, 7) is 2.95. The van der Waals surface area contributed by atoms with Crippen molar-refractivity contribution in [1.82, 2.24) is 5.32 Å². The van der Waals surface area contributed by atoms with Gasteiger partial charge in [-0.2, -0.15) is 0 Å². The number of rotatable bonds is 5. The lowest BCUT2D eigenvalue weighted by Gasteiger charge is -2.22. The summed E-state index contributed by atoms with van der Waals surface area (Å²) in [6, 6.07) is 5.73. The van der Waals surface area contributed by atoms with Crippen LogP contribution in [0.25, 0.3) is 0 Å². The van der Waals surface area contributed by atoms with Gasteiger partial charge in [0.05, 0.1) is 0 Å². The van der Waals surface area contributed by atoms with Crippen LogP contribution in [0.2, 0.25) is 0 Å². The van der Waals surface area contributed by atoms with Gasteiger partial charge in [0.25, 0.3) is 0 Å². The fourth-order valence-electron chi connectivity index (χ4n) is 1.30. The van der Waals surface area contributed by atoms with E-state index < -0.39 is 11.6 Å². The summed E-state index contributed by atoms with van der Waals surface area (Å²) in [7, 11) is 0. The second-order valence-corrected chi connectivity index (χ2v) is 4.23. The molecule has 94 valence electrons. The van der Waals surface area contributed by atoms with E-state index in [-0.39, 0.29) is 18.4 Å². The van der Waals surface area contributed by atoms with Gasteiger partial charge in [-0.05, 0) is 31.5 Å². The number of carboxylic acid groups (broad SMARTS) is 1. The number of aliphatic hydroxyl groups is 1. The Hall–Kier alpha value is -1.46. The molecule has 1 aromatic rings. The Morgan fingerprint density at radius 2 is 2.00 bits per heavy atom. The number of carboxylic acids is 1. The Balaban J connectivity index is 2.58. The molecule has 0 aliphatic carbocycles. The summed E-state index contributed by atoms with van der Waals surface area (Å²) in [5, 5.41) is 21.1. The molecule has 5 heteroatoms. The van der Waals surface area contributed by atoms with Crippen molar-refractivity contribution in [3.63, 3.8) is 0 Å². The van der Waals surface area contributed by atoms with Gasteiger partial charge in [-0.1, -0.05) is 12.1 Å². The fourth-order valence-corrected chi connectivity index (χ4v) is 1.30. The average Bonchev–Trinajstić information content (AvgIpc) is 2.27. The fraction of sp³-hybridized carbons (Fsp3) is 0.417. The van der Waals surface area contributed by atoms with Crippen molar-refractivity contribution < 1.29 is 19.4 Å². The Bertz CT molecular complexity index is 389. The van der Waals surface area contributed by atoms with Crippen LogP contribution >= 0.6 is 0 Å². The smallest absolute Gasteiger partial charge is 0.336 e. The molecule has 0 heterocycles. The summed E-state index contributed by atoms with van der Waals surface area (Å²) < 4.78 is 12.7. The SMILES string of the molecule is CC(NCC(C)(O)C(=O)O)c1ccc(F)cc1. The molecule has 17 heavy (non-hydrogen) atoms. The molecule has 0 saturated carbocycles. The summed E-state index contributed by atoms with van der Waals surface area (Å²) in [6.07, 6.45) is 0. The predicted octanol–water partition coefficient (Wildman–Crippen LogP) is 1.31. The lowest BCUT2D eigenvalue weighted by atomic mass is 10.0. The van der Waals surface area contributed by atoms with Gasteiger partial charge < -0.3 is 15.5 Å². The standard InChI is InChI=1S/C12H16FNO3/c1-8(9-3-5-10(13)6-4-9)14-7-12(2,17)11(15)16/h3-6,8,14,17H,7H2,1-2H3,(H,15,16). The quantitative estimate of drug-likeness (QED) is 0.727. The first-order chi connectivity index (χ1) is 7.83. The molecule has 0 bridgehead atoms. The molecule has 1 aromatic carbocycles. The molecule has 4 nitrogen and oxygen atoms in total. The Morgan fingerprint density at radius 3 is 2.47 bits per heavy atom. The minimum absolute atomic E-state index is 0.0825. The zero-order chi connectivity index (χ0) is 13.1. The number of aliphatic carboxylic acids is 1. The van der Waals surface area contributed by atoms with Gasteiger partial charge in [0, 0.05) is 12.6 Å². The lowest BCUT2D eigenvalue weighted by Crippen LogP contribution is -2.45. The first kappa shape index (κ1) is 13.6. The maximum atomic E-state index is 12.7. The van der Waals surface area contributed by atoms with Gasteiger partial charge >= 0.3 is 5.97 Å². The number of halogens is 1. The summed E-state index contributed by atoms with van der Waals surface area (Å²) in [4.78, 5) is 10.7.